The van der Waals surface area contributed by atoms with E-state index in [1.54, 1.807) is 12.3 Å². The van der Waals surface area contributed by atoms with E-state index in [1.165, 1.54) is 38.3 Å². The maximum Gasteiger partial charge on any atom is 0.253 e. The minimum Gasteiger partial charge on any atom is -0.349 e. The second-order valence-corrected chi connectivity index (χ2v) is 5.28. The van der Waals surface area contributed by atoms with Gasteiger partial charge in [0.05, 0.1) is 10.6 Å². The number of pyridine rings is 1. The van der Waals surface area contributed by atoms with Gasteiger partial charge in [-0.2, -0.15) is 0 Å². The monoisotopic (exact) mass is 266 g/mol. The fraction of sp³-hybridized carbons (Fsp3) is 0.571. The van der Waals surface area contributed by atoms with Gasteiger partial charge in [-0.1, -0.05) is 43.7 Å². The van der Waals surface area contributed by atoms with Crippen LogP contribution in [0.15, 0.2) is 18.5 Å². The Kier molecular flexibility index (Phi) is 5.00. The van der Waals surface area contributed by atoms with Crippen LogP contribution in [0.3, 0.4) is 0 Å². The van der Waals surface area contributed by atoms with Crippen molar-refractivity contribution in [2.75, 3.05) is 0 Å². The smallest absolute Gasteiger partial charge is 0.253 e. The van der Waals surface area contributed by atoms with Gasteiger partial charge in [-0.3, -0.25) is 9.78 Å². The van der Waals surface area contributed by atoms with Gasteiger partial charge in [0, 0.05) is 18.4 Å². The summed E-state index contributed by atoms with van der Waals surface area (Å²) in [6.45, 7) is 0. The molecule has 0 aliphatic heterocycles. The molecule has 0 saturated heterocycles. The summed E-state index contributed by atoms with van der Waals surface area (Å²) in [6.07, 6.45) is 11.6. The number of carbonyl (C=O) groups is 1. The van der Waals surface area contributed by atoms with Crippen molar-refractivity contribution in [2.24, 2.45) is 0 Å². The fourth-order valence-corrected chi connectivity index (χ4v) is 2.63. The molecule has 1 heterocycles. The fourth-order valence-electron chi connectivity index (χ4n) is 2.42. The lowest BCUT2D eigenvalue weighted by Gasteiger charge is -2.21. The second-order valence-electron chi connectivity index (χ2n) is 4.87. The maximum atomic E-state index is 12.1. The van der Waals surface area contributed by atoms with Crippen LogP contribution >= 0.6 is 11.6 Å². The molecule has 1 saturated carbocycles. The summed E-state index contributed by atoms with van der Waals surface area (Å²) in [5, 5.41) is 3.51. The zero-order valence-electron chi connectivity index (χ0n) is 10.5. The number of nitrogens with zero attached hydrogens (tertiary/aromatic N) is 1. The summed E-state index contributed by atoms with van der Waals surface area (Å²) in [7, 11) is 0. The summed E-state index contributed by atoms with van der Waals surface area (Å²) in [5.41, 5.74) is 0.522. The van der Waals surface area contributed by atoms with E-state index in [0.29, 0.717) is 16.6 Å². The Hall–Kier alpha value is -1.09. The lowest BCUT2D eigenvalue weighted by molar-refractivity contribution is 0.0930. The van der Waals surface area contributed by atoms with Crippen LogP contribution in [0.5, 0.6) is 0 Å². The number of amides is 1. The largest absolute Gasteiger partial charge is 0.349 e. The van der Waals surface area contributed by atoms with Crippen molar-refractivity contribution in [3.63, 3.8) is 0 Å². The first-order valence-electron chi connectivity index (χ1n) is 6.68. The van der Waals surface area contributed by atoms with Crippen molar-refractivity contribution in [1.29, 1.82) is 0 Å². The Morgan fingerprint density at radius 3 is 2.56 bits per heavy atom. The van der Waals surface area contributed by atoms with Crippen LogP contribution < -0.4 is 5.32 Å². The molecule has 0 radical (unpaired) electrons. The molecule has 0 spiro atoms. The number of rotatable bonds is 2. The minimum atomic E-state index is -0.0760. The predicted octanol–water partition coefficient (Wildman–Crippen LogP) is 3.58. The molecule has 18 heavy (non-hydrogen) atoms. The van der Waals surface area contributed by atoms with Gasteiger partial charge in [0.15, 0.2) is 0 Å². The number of hydrogen-bond donors (Lipinski definition) is 1. The lowest BCUT2D eigenvalue weighted by Crippen LogP contribution is -2.35. The van der Waals surface area contributed by atoms with Gasteiger partial charge in [-0.15, -0.1) is 0 Å². The van der Waals surface area contributed by atoms with Gasteiger partial charge in [-0.25, -0.2) is 0 Å². The number of aromatic nitrogens is 1. The Labute approximate surface area is 113 Å². The van der Waals surface area contributed by atoms with Crippen molar-refractivity contribution in [2.45, 2.75) is 51.0 Å². The molecule has 0 unspecified atom stereocenters. The van der Waals surface area contributed by atoms with Crippen LogP contribution in [-0.4, -0.2) is 16.9 Å². The third kappa shape index (κ3) is 3.70. The van der Waals surface area contributed by atoms with Crippen LogP contribution in [0.25, 0.3) is 0 Å². The molecule has 1 amide bonds. The number of hydrogen-bond acceptors (Lipinski definition) is 2. The summed E-state index contributed by atoms with van der Waals surface area (Å²) < 4.78 is 0. The molecule has 1 aromatic heterocycles. The number of carbonyl (C=O) groups excluding carboxylic acids is 1. The van der Waals surface area contributed by atoms with Gasteiger partial charge < -0.3 is 5.32 Å². The molecule has 2 rings (SSSR count). The minimum absolute atomic E-state index is 0.0760. The van der Waals surface area contributed by atoms with Crippen LogP contribution in [0, 0.1) is 0 Å². The van der Waals surface area contributed by atoms with E-state index in [2.05, 4.69) is 10.3 Å². The van der Waals surface area contributed by atoms with E-state index >= 15 is 0 Å². The standard InChI is InChI=1S/C14H19ClN2O/c15-13-10-16-9-8-12(13)14(18)17-11-6-4-2-1-3-5-7-11/h8-11H,1-7H2,(H,17,18). The van der Waals surface area contributed by atoms with Crippen LogP contribution in [-0.2, 0) is 0 Å². The lowest BCUT2D eigenvalue weighted by atomic mass is 9.96. The summed E-state index contributed by atoms with van der Waals surface area (Å²) in [5.74, 6) is -0.0760. The normalized spacial score (nSPS) is 17.8. The molecule has 0 bridgehead atoms. The van der Waals surface area contributed by atoms with Gasteiger partial charge in [0.1, 0.15) is 0 Å². The topological polar surface area (TPSA) is 42.0 Å². The van der Waals surface area contributed by atoms with Crippen molar-refractivity contribution in [3.05, 3.63) is 29.0 Å². The molecule has 4 heteroatoms. The predicted molar refractivity (Wildman–Crippen MR) is 72.8 cm³/mol. The van der Waals surface area contributed by atoms with E-state index in [9.17, 15) is 4.79 Å². The first-order valence-corrected chi connectivity index (χ1v) is 7.05. The molecule has 1 aromatic rings. The van der Waals surface area contributed by atoms with E-state index in [-0.39, 0.29) is 5.91 Å². The molecular formula is C14H19ClN2O. The number of halogens is 1. The average molecular weight is 267 g/mol. The van der Waals surface area contributed by atoms with Crippen LogP contribution in [0.1, 0.15) is 55.3 Å². The molecule has 1 aliphatic carbocycles. The quantitative estimate of drug-likeness (QED) is 0.889. The van der Waals surface area contributed by atoms with Crippen LogP contribution in [0.4, 0.5) is 0 Å². The van der Waals surface area contributed by atoms with Gasteiger partial charge in [0.2, 0.25) is 0 Å². The highest BCUT2D eigenvalue weighted by Crippen LogP contribution is 2.18. The zero-order chi connectivity index (χ0) is 12.8. The highest BCUT2D eigenvalue weighted by atomic mass is 35.5. The Morgan fingerprint density at radius 1 is 1.22 bits per heavy atom. The zero-order valence-corrected chi connectivity index (χ0v) is 11.2. The van der Waals surface area contributed by atoms with Gasteiger partial charge in [0.25, 0.3) is 5.91 Å². The Balaban J connectivity index is 1.95. The molecule has 1 aliphatic rings. The average Bonchev–Trinajstić information content (AvgIpc) is 2.33. The molecule has 98 valence electrons. The maximum absolute atomic E-state index is 12.1. The highest BCUT2D eigenvalue weighted by molar-refractivity contribution is 6.33. The highest BCUT2D eigenvalue weighted by Gasteiger charge is 2.16. The van der Waals surface area contributed by atoms with E-state index < -0.39 is 0 Å². The summed E-state index contributed by atoms with van der Waals surface area (Å²) in [4.78, 5) is 16.0. The van der Waals surface area contributed by atoms with E-state index in [0.717, 1.165) is 12.8 Å². The summed E-state index contributed by atoms with van der Waals surface area (Å²) in [6, 6.07) is 1.96. The molecule has 3 nitrogen and oxygen atoms in total. The van der Waals surface area contributed by atoms with Crippen molar-refractivity contribution >= 4 is 17.5 Å². The summed E-state index contributed by atoms with van der Waals surface area (Å²) >= 11 is 5.97. The van der Waals surface area contributed by atoms with Crippen molar-refractivity contribution in [1.82, 2.24) is 10.3 Å². The van der Waals surface area contributed by atoms with Gasteiger partial charge >= 0.3 is 0 Å². The SMILES string of the molecule is O=C(NC1CCCCCCC1)c1ccncc1Cl. The first kappa shape index (κ1) is 13.3. The molecule has 0 atom stereocenters. The molecule has 1 N–H and O–H groups in total. The third-order valence-corrected chi connectivity index (χ3v) is 3.76. The molecular weight excluding hydrogens is 248 g/mol. The Bertz CT molecular complexity index is 401. The molecule has 1 fully saturated rings. The van der Waals surface area contributed by atoms with E-state index in [1.807, 2.05) is 0 Å². The van der Waals surface area contributed by atoms with Crippen molar-refractivity contribution < 1.29 is 4.79 Å². The second kappa shape index (κ2) is 6.74. The molecule has 0 aromatic carbocycles. The van der Waals surface area contributed by atoms with Crippen LogP contribution in [0.2, 0.25) is 5.02 Å². The third-order valence-electron chi connectivity index (χ3n) is 3.46. The Morgan fingerprint density at radius 2 is 1.89 bits per heavy atom. The number of nitrogens with one attached hydrogen (secondary N) is 1. The van der Waals surface area contributed by atoms with Gasteiger partial charge in [-0.05, 0) is 18.9 Å². The first-order chi connectivity index (χ1) is 8.77. The van der Waals surface area contributed by atoms with Crippen molar-refractivity contribution in [3.8, 4) is 0 Å². The van der Waals surface area contributed by atoms with E-state index in [4.69, 9.17) is 11.6 Å².